The van der Waals surface area contributed by atoms with Gasteiger partial charge in [0.1, 0.15) is 19.1 Å². The topological polar surface area (TPSA) is 114 Å². The molecule has 7 nitrogen and oxygen atoms in total. The summed E-state index contributed by atoms with van der Waals surface area (Å²) in [6, 6.07) is 6.11. The molecule has 168 valence electrons. The molecule has 3 rings (SSSR count). The Labute approximate surface area is 183 Å². The van der Waals surface area contributed by atoms with E-state index in [9.17, 15) is 10.2 Å². The Morgan fingerprint density at radius 1 is 1.39 bits per heavy atom. The molecule has 0 unspecified atom stereocenters. The van der Waals surface area contributed by atoms with Gasteiger partial charge in [-0.2, -0.15) is 0 Å². The molecule has 2 aliphatic heterocycles. The average molecular weight is 429 g/mol. The fraction of sp³-hybridized carbons (Fsp3) is 0.458. The molecule has 0 amide bonds. The molecule has 1 aromatic carbocycles. The van der Waals surface area contributed by atoms with Crippen LogP contribution in [0.25, 0.3) is 0 Å². The van der Waals surface area contributed by atoms with Crippen LogP contribution in [0.1, 0.15) is 24.8 Å². The maximum absolute atomic E-state index is 10.2. The van der Waals surface area contributed by atoms with Crippen molar-refractivity contribution in [1.82, 2.24) is 0 Å². The number of terminal acetylenes is 1. The van der Waals surface area contributed by atoms with Crippen LogP contribution < -0.4 is 15.8 Å². The van der Waals surface area contributed by atoms with Gasteiger partial charge in [0.05, 0.1) is 30.6 Å². The summed E-state index contributed by atoms with van der Waals surface area (Å²) in [6.45, 7) is 3.74. The number of aliphatic hydroxyl groups is 2. The molecule has 5 N–H and O–H groups in total. The van der Waals surface area contributed by atoms with Crippen LogP contribution in [0, 0.1) is 12.3 Å². The van der Waals surface area contributed by atoms with Crippen LogP contribution in [0.5, 0.6) is 5.75 Å². The summed E-state index contributed by atoms with van der Waals surface area (Å²) in [5.74, 6) is 3.49. The Kier molecular flexibility index (Phi) is 10.3. The monoisotopic (exact) mass is 428 g/mol. The number of anilines is 1. The minimum absolute atomic E-state index is 0.117. The van der Waals surface area contributed by atoms with Gasteiger partial charge in [0, 0.05) is 32.4 Å². The minimum Gasteiger partial charge on any atom is -0.490 e. The molecular formula is C24H32N2O5. The number of benzene rings is 1. The number of ether oxygens (including phenoxy) is 2. The predicted octanol–water partition coefficient (Wildman–Crippen LogP) is 1.58. The van der Waals surface area contributed by atoms with E-state index in [1.807, 2.05) is 31.1 Å². The van der Waals surface area contributed by atoms with Crippen molar-refractivity contribution in [2.45, 2.75) is 44.0 Å². The van der Waals surface area contributed by atoms with E-state index in [2.05, 4.69) is 17.3 Å². The normalized spacial score (nSPS) is 23.4. The van der Waals surface area contributed by atoms with Crippen molar-refractivity contribution < 1.29 is 24.5 Å². The molecule has 7 heteroatoms. The highest BCUT2D eigenvalue weighted by molar-refractivity contribution is 5.59. The quantitative estimate of drug-likeness (QED) is 0.385. The fourth-order valence-electron chi connectivity index (χ4n) is 3.76. The van der Waals surface area contributed by atoms with Crippen molar-refractivity contribution in [3.05, 3.63) is 47.1 Å². The summed E-state index contributed by atoms with van der Waals surface area (Å²) >= 11 is 0. The van der Waals surface area contributed by atoms with Crippen LogP contribution in [-0.4, -0.2) is 61.6 Å². The Morgan fingerprint density at radius 3 is 2.90 bits per heavy atom. The van der Waals surface area contributed by atoms with Crippen molar-refractivity contribution >= 4 is 12.5 Å². The first kappa shape index (κ1) is 24.6. The van der Waals surface area contributed by atoms with Gasteiger partial charge in [0.25, 0.3) is 0 Å². The van der Waals surface area contributed by atoms with Crippen molar-refractivity contribution in [3.8, 4) is 18.1 Å². The number of carbonyl (C=O) groups excluding carboxylic acids is 1. The van der Waals surface area contributed by atoms with Crippen LogP contribution in [0.4, 0.5) is 5.69 Å². The predicted molar refractivity (Wildman–Crippen MR) is 121 cm³/mol. The summed E-state index contributed by atoms with van der Waals surface area (Å²) in [5, 5.41) is 23.0. The van der Waals surface area contributed by atoms with E-state index < -0.39 is 6.10 Å². The highest BCUT2D eigenvalue weighted by Gasteiger charge is 2.29. The van der Waals surface area contributed by atoms with Gasteiger partial charge in [-0.25, -0.2) is 0 Å². The smallest absolute Gasteiger partial charge is 0.142 e. The van der Waals surface area contributed by atoms with Crippen molar-refractivity contribution in [3.63, 3.8) is 0 Å². The molecule has 0 bridgehead atoms. The number of hydrogen-bond donors (Lipinski definition) is 4. The maximum atomic E-state index is 10.2. The number of fused-ring (bicyclic) bond motifs is 1. The number of nitrogens with one attached hydrogen (secondary N) is 1. The van der Waals surface area contributed by atoms with Gasteiger partial charge in [-0.3, -0.25) is 0 Å². The molecular weight excluding hydrogens is 396 g/mol. The first-order chi connectivity index (χ1) is 15.1. The fourth-order valence-corrected chi connectivity index (χ4v) is 3.76. The van der Waals surface area contributed by atoms with Gasteiger partial charge in [-0.15, -0.1) is 12.3 Å². The molecule has 1 aromatic rings. The molecule has 1 saturated heterocycles. The second kappa shape index (κ2) is 12.9. The maximum Gasteiger partial charge on any atom is 0.142 e. The molecule has 0 radical (unpaired) electrons. The lowest BCUT2D eigenvalue weighted by atomic mass is 9.93. The first-order valence-corrected chi connectivity index (χ1v) is 10.4. The van der Waals surface area contributed by atoms with E-state index in [1.54, 1.807) is 0 Å². The van der Waals surface area contributed by atoms with Crippen LogP contribution in [0.15, 0.2) is 41.5 Å². The van der Waals surface area contributed by atoms with E-state index >= 15 is 0 Å². The second-order valence-corrected chi connectivity index (χ2v) is 7.46. The third kappa shape index (κ3) is 7.23. The summed E-state index contributed by atoms with van der Waals surface area (Å²) in [6.07, 6.45) is 10.3. The van der Waals surface area contributed by atoms with Crippen LogP contribution >= 0.6 is 0 Å². The molecule has 31 heavy (non-hydrogen) atoms. The van der Waals surface area contributed by atoms with Crippen LogP contribution in [0.3, 0.4) is 0 Å². The van der Waals surface area contributed by atoms with Crippen molar-refractivity contribution in [2.75, 3.05) is 31.6 Å². The summed E-state index contributed by atoms with van der Waals surface area (Å²) in [5.41, 5.74) is 10.1. The molecule has 0 aromatic heterocycles. The lowest BCUT2D eigenvalue weighted by molar-refractivity contribution is -0.0980. The third-order valence-corrected chi connectivity index (χ3v) is 5.19. The van der Waals surface area contributed by atoms with E-state index in [0.29, 0.717) is 38.8 Å². The number of allylic oxidation sites excluding steroid dienone is 1. The van der Waals surface area contributed by atoms with E-state index in [1.165, 1.54) is 0 Å². The zero-order valence-electron chi connectivity index (χ0n) is 17.8. The number of rotatable bonds is 7. The van der Waals surface area contributed by atoms with Gasteiger partial charge >= 0.3 is 0 Å². The number of carbonyl (C=O) groups is 1. The van der Waals surface area contributed by atoms with Crippen molar-refractivity contribution in [1.29, 1.82) is 0 Å². The first-order valence-electron chi connectivity index (χ1n) is 10.4. The highest BCUT2D eigenvalue weighted by Crippen LogP contribution is 2.30. The van der Waals surface area contributed by atoms with E-state index in [-0.39, 0.29) is 18.8 Å². The number of hydrogen-bond acceptors (Lipinski definition) is 7. The largest absolute Gasteiger partial charge is 0.490 e. The molecule has 3 atom stereocenters. The Bertz CT molecular complexity index is 815. The van der Waals surface area contributed by atoms with Gasteiger partial charge < -0.3 is 35.5 Å². The van der Waals surface area contributed by atoms with Gasteiger partial charge in [-0.05, 0) is 29.7 Å². The lowest BCUT2D eigenvalue weighted by Crippen LogP contribution is -2.38. The summed E-state index contributed by atoms with van der Waals surface area (Å²) in [7, 11) is 0. The standard InChI is InChI=1S/C23H30N2O4.CH2O/c1-2-3-4-18(23-13-19(27)12-20(15-26)29-23)10-17(14-24)9-16-5-6-22-21(11-16)25-7-8-28-22;1-2/h1,4-6,10-11,19-20,23,25-27H,3,7-9,12-15,24H2;1H2/b17-10-,18-4+;/t19-,20-,23+;/m0./s1. The molecule has 2 aliphatic rings. The molecule has 0 aliphatic carbocycles. The molecule has 0 saturated carbocycles. The van der Waals surface area contributed by atoms with Gasteiger partial charge in [0.2, 0.25) is 0 Å². The Hall–Kier alpha value is -2.63. The Morgan fingerprint density at radius 2 is 2.19 bits per heavy atom. The SMILES string of the molecule is C#CC/C=C(\C=C(/CN)Cc1ccc2c(c1)NCCO2)[C@H]1C[C@@H](O)C[C@@H](CO)O1.C=O. The minimum atomic E-state index is -0.512. The summed E-state index contributed by atoms with van der Waals surface area (Å²) < 4.78 is 11.6. The number of aliphatic hydroxyl groups excluding tert-OH is 2. The summed E-state index contributed by atoms with van der Waals surface area (Å²) in [4.78, 5) is 8.00. The lowest BCUT2D eigenvalue weighted by Gasteiger charge is -2.33. The highest BCUT2D eigenvalue weighted by atomic mass is 16.5. The average Bonchev–Trinajstić information content (AvgIpc) is 2.81. The molecule has 2 heterocycles. The van der Waals surface area contributed by atoms with Gasteiger partial charge in [-0.1, -0.05) is 23.8 Å². The number of nitrogens with two attached hydrogens (primary N) is 1. The molecule has 1 fully saturated rings. The Balaban J connectivity index is 0.00000166. The second-order valence-electron chi connectivity index (χ2n) is 7.46. The van der Waals surface area contributed by atoms with Crippen LogP contribution in [0.2, 0.25) is 0 Å². The third-order valence-electron chi connectivity index (χ3n) is 5.19. The van der Waals surface area contributed by atoms with Crippen molar-refractivity contribution in [2.24, 2.45) is 5.73 Å². The zero-order valence-corrected chi connectivity index (χ0v) is 17.8. The molecule has 0 spiro atoms. The zero-order chi connectivity index (χ0) is 22.6. The van der Waals surface area contributed by atoms with E-state index in [4.69, 9.17) is 26.4 Å². The van der Waals surface area contributed by atoms with Gasteiger partial charge in [0.15, 0.2) is 0 Å². The van der Waals surface area contributed by atoms with Crippen LogP contribution in [-0.2, 0) is 16.0 Å². The van der Waals surface area contributed by atoms with E-state index in [0.717, 1.165) is 34.7 Å².